The highest BCUT2D eigenvalue weighted by atomic mass is 32.2. The smallest absolute Gasteiger partial charge is 0.245 e. The zero-order chi connectivity index (χ0) is 15.6. The molecule has 0 N–H and O–H groups in total. The maximum Gasteiger partial charge on any atom is 0.245 e. The van der Waals surface area contributed by atoms with Gasteiger partial charge in [0.15, 0.2) is 5.76 Å². The maximum absolute atomic E-state index is 13.0. The highest BCUT2D eigenvalue weighted by molar-refractivity contribution is 7.89. The molecule has 1 aliphatic rings. The first-order valence-corrected chi connectivity index (χ1v) is 8.88. The molecule has 1 atom stereocenters. The fraction of sp³-hybridized carbons (Fsp3) is 0.467. The Morgan fingerprint density at radius 2 is 2.18 bits per heavy atom. The van der Waals surface area contributed by atoms with E-state index in [0.717, 1.165) is 31.4 Å². The highest BCUT2D eigenvalue weighted by Crippen LogP contribution is 2.34. The van der Waals surface area contributed by atoms with Crippen LogP contribution < -0.4 is 0 Å². The summed E-state index contributed by atoms with van der Waals surface area (Å²) >= 11 is 0. The lowest BCUT2D eigenvalue weighted by Crippen LogP contribution is -2.34. The van der Waals surface area contributed by atoms with E-state index in [0.29, 0.717) is 12.3 Å². The first kappa shape index (κ1) is 15.2. The topological polar surface area (TPSA) is 76.3 Å². The van der Waals surface area contributed by atoms with Gasteiger partial charge in [-0.25, -0.2) is 8.42 Å². The van der Waals surface area contributed by atoms with E-state index in [1.165, 1.54) is 10.5 Å². The molecular weight excluding hydrogens is 302 g/mol. The van der Waals surface area contributed by atoms with Crippen molar-refractivity contribution in [2.45, 2.75) is 43.5 Å². The summed E-state index contributed by atoms with van der Waals surface area (Å²) in [6.07, 6.45) is 6.55. The van der Waals surface area contributed by atoms with Crippen LogP contribution >= 0.6 is 0 Å². The molecule has 1 aliphatic heterocycles. The molecule has 2 aromatic rings. The molecule has 1 unspecified atom stereocenters. The average Bonchev–Trinajstić information content (AvgIpc) is 2.81. The monoisotopic (exact) mass is 321 g/mol. The summed E-state index contributed by atoms with van der Waals surface area (Å²) in [4.78, 5) is 4.15. The van der Waals surface area contributed by atoms with Gasteiger partial charge in [0, 0.05) is 25.0 Å². The van der Waals surface area contributed by atoms with Gasteiger partial charge in [-0.3, -0.25) is 4.98 Å². The molecule has 0 bridgehead atoms. The quantitative estimate of drug-likeness (QED) is 0.868. The van der Waals surface area contributed by atoms with Gasteiger partial charge in [-0.05, 0) is 31.9 Å². The Labute approximate surface area is 130 Å². The van der Waals surface area contributed by atoms with E-state index in [2.05, 4.69) is 10.1 Å². The van der Waals surface area contributed by atoms with Crippen molar-refractivity contribution in [1.29, 1.82) is 0 Å². The summed E-state index contributed by atoms with van der Waals surface area (Å²) in [7, 11) is -3.59. The molecule has 7 heteroatoms. The van der Waals surface area contributed by atoms with E-state index in [9.17, 15) is 8.42 Å². The van der Waals surface area contributed by atoms with Crippen LogP contribution in [-0.4, -0.2) is 29.4 Å². The predicted molar refractivity (Wildman–Crippen MR) is 80.6 cm³/mol. The van der Waals surface area contributed by atoms with Crippen LogP contribution in [0.5, 0.6) is 0 Å². The standard InChI is InChI=1S/C15H19N3O3S/c1-12-10-15(21-17-12)14-7-3-2-4-9-18(14)22(19,20)13-6-5-8-16-11-13/h5-6,8,10-11,14H,2-4,7,9H2,1H3. The van der Waals surface area contributed by atoms with E-state index in [4.69, 9.17) is 4.52 Å². The van der Waals surface area contributed by atoms with Crippen molar-refractivity contribution in [3.05, 3.63) is 42.0 Å². The number of rotatable bonds is 3. The minimum atomic E-state index is -3.59. The van der Waals surface area contributed by atoms with Crippen LogP contribution in [-0.2, 0) is 10.0 Å². The zero-order valence-electron chi connectivity index (χ0n) is 12.5. The summed E-state index contributed by atoms with van der Waals surface area (Å²) in [5.74, 6) is 0.617. The van der Waals surface area contributed by atoms with Gasteiger partial charge in [0.2, 0.25) is 10.0 Å². The lowest BCUT2D eigenvalue weighted by atomic mass is 10.1. The molecule has 1 fully saturated rings. The minimum Gasteiger partial charge on any atom is -0.359 e. The van der Waals surface area contributed by atoms with Crippen LogP contribution in [0.4, 0.5) is 0 Å². The maximum atomic E-state index is 13.0. The Bertz CT molecular complexity index is 728. The highest BCUT2D eigenvalue weighted by Gasteiger charge is 2.35. The van der Waals surface area contributed by atoms with Gasteiger partial charge in [-0.15, -0.1) is 0 Å². The third-order valence-corrected chi connectivity index (χ3v) is 5.81. The Morgan fingerprint density at radius 1 is 1.32 bits per heavy atom. The second-order valence-electron chi connectivity index (χ2n) is 5.54. The Kier molecular flexibility index (Phi) is 4.26. The molecule has 0 spiro atoms. The van der Waals surface area contributed by atoms with E-state index >= 15 is 0 Å². The molecular formula is C15H19N3O3S. The second kappa shape index (κ2) is 6.18. The van der Waals surface area contributed by atoms with Crippen LogP contribution in [0.3, 0.4) is 0 Å². The zero-order valence-corrected chi connectivity index (χ0v) is 13.3. The fourth-order valence-corrected chi connectivity index (χ4v) is 4.46. The molecule has 0 aliphatic carbocycles. The van der Waals surface area contributed by atoms with E-state index in [1.807, 2.05) is 13.0 Å². The van der Waals surface area contributed by atoms with Gasteiger partial charge in [-0.2, -0.15) is 4.31 Å². The molecule has 1 saturated heterocycles. The van der Waals surface area contributed by atoms with Crippen molar-refractivity contribution in [3.63, 3.8) is 0 Å². The number of pyridine rings is 1. The summed E-state index contributed by atoms with van der Waals surface area (Å²) in [5.41, 5.74) is 0.762. The largest absolute Gasteiger partial charge is 0.359 e. The molecule has 0 radical (unpaired) electrons. The molecule has 6 nitrogen and oxygen atoms in total. The molecule has 0 amide bonds. The van der Waals surface area contributed by atoms with Gasteiger partial charge >= 0.3 is 0 Å². The van der Waals surface area contributed by atoms with E-state index < -0.39 is 10.0 Å². The number of nitrogens with zero attached hydrogens (tertiary/aromatic N) is 3. The fourth-order valence-electron chi connectivity index (χ4n) is 2.83. The summed E-state index contributed by atoms with van der Waals surface area (Å²) in [5, 5.41) is 3.90. The Balaban J connectivity index is 2.00. The summed E-state index contributed by atoms with van der Waals surface area (Å²) < 4.78 is 32.8. The lowest BCUT2D eigenvalue weighted by Gasteiger charge is -2.27. The normalized spacial score (nSPS) is 20.7. The molecule has 118 valence electrons. The number of hydrogen-bond acceptors (Lipinski definition) is 5. The van der Waals surface area contributed by atoms with Crippen LogP contribution in [0, 0.1) is 6.92 Å². The summed E-state index contributed by atoms with van der Waals surface area (Å²) in [6.45, 7) is 2.32. The van der Waals surface area contributed by atoms with Crippen molar-refractivity contribution in [2.24, 2.45) is 0 Å². The van der Waals surface area contributed by atoms with E-state index in [-0.39, 0.29) is 10.9 Å². The number of aromatic nitrogens is 2. The van der Waals surface area contributed by atoms with Gasteiger partial charge in [0.1, 0.15) is 4.90 Å². The molecule has 3 heterocycles. The number of aryl methyl sites for hydroxylation is 1. The van der Waals surface area contributed by atoms with E-state index in [1.54, 1.807) is 18.3 Å². The van der Waals surface area contributed by atoms with Crippen molar-refractivity contribution >= 4 is 10.0 Å². The second-order valence-corrected chi connectivity index (χ2v) is 7.43. The van der Waals surface area contributed by atoms with Crippen molar-refractivity contribution in [2.75, 3.05) is 6.54 Å². The molecule has 2 aromatic heterocycles. The third-order valence-electron chi connectivity index (χ3n) is 3.92. The molecule has 3 rings (SSSR count). The van der Waals surface area contributed by atoms with Crippen molar-refractivity contribution < 1.29 is 12.9 Å². The van der Waals surface area contributed by atoms with Crippen LogP contribution in [0.25, 0.3) is 0 Å². The van der Waals surface area contributed by atoms with Crippen molar-refractivity contribution in [1.82, 2.24) is 14.4 Å². The lowest BCUT2D eigenvalue weighted by molar-refractivity contribution is 0.258. The van der Waals surface area contributed by atoms with Gasteiger partial charge < -0.3 is 4.52 Å². The first-order valence-electron chi connectivity index (χ1n) is 7.44. The molecule has 0 saturated carbocycles. The Morgan fingerprint density at radius 3 is 2.86 bits per heavy atom. The van der Waals surface area contributed by atoms with Gasteiger partial charge in [0.25, 0.3) is 0 Å². The minimum absolute atomic E-state index is 0.220. The Hall–Kier alpha value is -1.73. The molecule has 22 heavy (non-hydrogen) atoms. The van der Waals surface area contributed by atoms with Crippen molar-refractivity contribution in [3.8, 4) is 0 Å². The first-order chi connectivity index (χ1) is 10.6. The number of sulfonamides is 1. The van der Waals surface area contributed by atoms with Crippen LogP contribution in [0.15, 0.2) is 40.0 Å². The van der Waals surface area contributed by atoms with Crippen LogP contribution in [0.1, 0.15) is 43.2 Å². The SMILES string of the molecule is Cc1cc(C2CCCCCN2S(=O)(=O)c2cccnc2)on1. The average molecular weight is 321 g/mol. The number of hydrogen-bond donors (Lipinski definition) is 0. The van der Waals surface area contributed by atoms with Gasteiger partial charge in [-0.1, -0.05) is 18.0 Å². The third kappa shape index (κ3) is 2.91. The van der Waals surface area contributed by atoms with Gasteiger partial charge in [0.05, 0.1) is 11.7 Å². The van der Waals surface area contributed by atoms with Crippen LogP contribution in [0.2, 0.25) is 0 Å². The summed E-state index contributed by atoms with van der Waals surface area (Å²) in [6, 6.07) is 4.74. The predicted octanol–water partition coefficient (Wildman–Crippen LogP) is 2.68. The molecule has 0 aromatic carbocycles.